The molecule has 0 aromatic carbocycles. The second kappa shape index (κ2) is 5.55. The smallest absolute Gasteiger partial charge is 0.0960 e. The highest BCUT2D eigenvalue weighted by atomic mass is 79.9. The monoisotopic (exact) mass is 218 g/mol. The van der Waals surface area contributed by atoms with Crippen molar-refractivity contribution in [3.8, 4) is 0 Å². The molecule has 0 unspecified atom stereocenters. The zero-order valence-electron chi connectivity index (χ0n) is 5.70. The van der Waals surface area contributed by atoms with Crippen molar-refractivity contribution < 1.29 is 0 Å². The molecule has 0 N–H and O–H groups in total. The van der Waals surface area contributed by atoms with Crippen LogP contribution in [0.2, 0.25) is 0 Å². The molecule has 0 spiro atoms. The van der Waals surface area contributed by atoms with E-state index in [-0.39, 0.29) is 0 Å². The summed E-state index contributed by atoms with van der Waals surface area (Å²) in [4.78, 5) is 0. The Bertz CT molecular complexity index is 207. The van der Waals surface area contributed by atoms with Gasteiger partial charge in [-0.05, 0) is 28.9 Å². The van der Waals surface area contributed by atoms with Gasteiger partial charge in [0.2, 0.25) is 0 Å². The molecule has 0 aromatic heterocycles. The predicted molar refractivity (Wildman–Crippen MR) is 50.3 cm³/mol. The Labute approximate surface area is 74.7 Å². The molecule has 0 heterocycles. The maximum atomic E-state index is 5.65. The first kappa shape index (κ1) is 9.77. The maximum Gasteiger partial charge on any atom is 0.0960 e. The Morgan fingerprint density at radius 1 is 1.70 bits per heavy atom. The number of hydrogen-bond acceptors (Lipinski definition) is 0. The highest BCUT2D eigenvalue weighted by Gasteiger charge is 1.91. The Morgan fingerprint density at radius 3 is 2.70 bits per heavy atom. The van der Waals surface area contributed by atoms with Gasteiger partial charge in [-0.3, -0.25) is 0 Å². The largest absolute Gasteiger partial charge is 0.107 e. The van der Waals surface area contributed by atoms with E-state index in [2.05, 4.69) is 28.2 Å². The fourth-order valence-corrected chi connectivity index (χ4v) is 0.694. The highest BCUT2D eigenvalue weighted by molar-refractivity contribution is 9.12. The van der Waals surface area contributed by atoms with E-state index in [9.17, 15) is 0 Å². The van der Waals surface area contributed by atoms with Crippen molar-refractivity contribution >= 4 is 27.5 Å². The lowest BCUT2D eigenvalue weighted by atomic mass is 10.4. The first-order valence-corrected chi connectivity index (χ1v) is 3.94. The normalized spacial score (nSPS) is 11.7. The minimum atomic E-state index is 0.498. The van der Waals surface area contributed by atoms with E-state index in [0.717, 1.165) is 4.48 Å². The number of rotatable bonds is 2. The first-order chi connectivity index (χ1) is 4.72. The molecule has 10 heavy (non-hydrogen) atoms. The number of allylic oxidation sites excluding steroid dienone is 5. The van der Waals surface area contributed by atoms with Crippen molar-refractivity contribution in [1.82, 2.24) is 0 Å². The van der Waals surface area contributed by atoms with Crippen LogP contribution in [0.15, 0.2) is 40.1 Å². The molecule has 0 aromatic rings. The molecule has 0 atom stereocenters. The van der Waals surface area contributed by atoms with Crippen molar-refractivity contribution in [2.45, 2.75) is 6.92 Å². The first-order valence-electron chi connectivity index (χ1n) is 2.76. The Hall–Kier alpha value is -0.230. The molecule has 0 fully saturated rings. The zero-order chi connectivity index (χ0) is 7.98. The summed E-state index contributed by atoms with van der Waals surface area (Å²) in [6, 6.07) is 0. The molecule has 0 nitrogen and oxygen atoms in total. The Balaban J connectivity index is 4.34. The van der Waals surface area contributed by atoms with E-state index < -0.39 is 0 Å². The van der Waals surface area contributed by atoms with Crippen LogP contribution in [0.4, 0.5) is 0 Å². The van der Waals surface area contributed by atoms with E-state index >= 15 is 0 Å². The van der Waals surface area contributed by atoms with Crippen molar-refractivity contribution in [3.05, 3.63) is 40.1 Å². The predicted octanol–water partition coefficient (Wildman–Crippen LogP) is 3.75. The third kappa shape index (κ3) is 3.73. The summed E-state index contributed by atoms with van der Waals surface area (Å²) in [6.07, 6.45) is 5.62. The van der Waals surface area contributed by atoms with E-state index in [1.807, 2.05) is 25.2 Å². The summed E-state index contributed by atoms with van der Waals surface area (Å²) in [7, 11) is 0. The highest BCUT2D eigenvalue weighted by Crippen LogP contribution is 2.19. The van der Waals surface area contributed by atoms with Crippen LogP contribution in [-0.2, 0) is 0 Å². The van der Waals surface area contributed by atoms with Crippen LogP contribution in [0.1, 0.15) is 6.92 Å². The van der Waals surface area contributed by atoms with Gasteiger partial charge in [0, 0.05) is 4.48 Å². The zero-order valence-corrected chi connectivity index (χ0v) is 8.04. The summed E-state index contributed by atoms with van der Waals surface area (Å²) in [6.45, 7) is 5.33. The van der Waals surface area contributed by atoms with E-state index in [4.69, 9.17) is 11.6 Å². The fourth-order valence-electron chi connectivity index (χ4n) is 0.338. The van der Waals surface area contributed by atoms with Crippen molar-refractivity contribution in [3.63, 3.8) is 0 Å². The topological polar surface area (TPSA) is 0 Å². The summed E-state index contributed by atoms with van der Waals surface area (Å²) < 4.78 is 0.794. The van der Waals surface area contributed by atoms with Gasteiger partial charge in [-0.15, -0.1) is 5.73 Å². The second-order valence-electron chi connectivity index (χ2n) is 1.53. The van der Waals surface area contributed by atoms with Gasteiger partial charge < -0.3 is 0 Å². The SMILES string of the molecule is C=C=C(Cl)/C(Br)=C\C=C/C. The molecule has 2 heteroatoms. The average Bonchev–Trinajstić information content (AvgIpc) is 1.98. The maximum absolute atomic E-state index is 5.65. The van der Waals surface area contributed by atoms with Gasteiger partial charge in [0.15, 0.2) is 0 Å². The molecule has 0 amide bonds. The molecular weight excluding hydrogens is 211 g/mol. The third-order valence-electron chi connectivity index (χ3n) is 0.800. The van der Waals surface area contributed by atoms with Crippen molar-refractivity contribution in [2.24, 2.45) is 0 Å². The molecule has 0 bridgehead atoms. The van der Waals surface area contributed by atoms with E-state index in [1.165, 1.54) is 0 Å². The van der Waals surface area contributed by atoms with Crippen LogP contribution in [0.3, 0.4) is 0 Å². The quantitative estimate of drug-likeness (QED) is 0.490. The molecule has 0 aliphatic rings. The van der Waals surface area contributed by atoms with Crippen molar-refractivity contribution in [1.29, 1.82) is 0 Å². The van der Waals surface area contributed by atoms with Gasteiger partial charge in [0.25, 0.3) is 0 Å². The van der Waals surface area contributed by atoms with Crippen LogP contribution in [0.5, 0.6) is 0 Å². The molecule has 54 valence electrons. The van der Waals surface area contributed by atoms with Crippen LogP contribution in [0.25, 0.3) is 0 Å². The summed E-state index contributed by atoms with van der Waals surface area (Å²) >= 11 is 8.89. The van der Waals surface area contributed by atoms with E-state index in [0.29, 0.717) is 5.03 Å². The van der Waals surface area contributed by atoms with Gasteiger partial charge in [-0.25, -0.2) is 0 Å². The lowest BCUT2D eigenvalue weighted by Crippen LogP contribution is -1.65. The minimum absolute atomic E-state index is 0.498. The van der Waals surface area contributed by atoms with Gasteiger partial charge in [-0.2, -0.15) is 0 Å². The van der Waals surface area contributed by atoms with Gasteiger partial charge >= 0.3 is 0 Å². The van der Waals surface area contributed by atoms with Gasteiger partial charge in [0.1, 0.15) is 0 Å². The molecule has 0 rings (SSSR count). The lowest BCUT2D eigenvalue weighted by Gasteiger charge is -1.87. The summed E-state index contributed by atoms with van der Waals surface area (Å²) in [5.41, 5.74) is 2.56. The fraction of sp³-hybridized carbons (Fsp3) is 0.125. The molecule has 0 radical (unpaired) electrons. The van der Waals surface area contributed by atoms with Crippen LogP contribution in [0, 0.1) is 0 Å². The van der Waals surface area contributed by atoms with Crippen LogP contribution in [-0.4, -0.2) is 0 Å². The van der Waals surface area contributed by atoms with Crippen molar-refractivity contribution in [2.75, 3.05) is 0 Å². The second-order valence-corrected chi connectivity index (χ2v) is 2.76. The summed E-state index contributed by atoms with van der Waals surface area (Å²) in [5.74, 6) is 0. The van der Waals surface area contributed by atoms with Crippen LogP contribution >= 0.6 is 27.5 Å². The summed E-state index contributed by atoms with van der Waals surface area (Å²) in [5, 5.41) is 0.498. The molecule has 0 saturated heterocycles. The molecule has 0 aliphatic heterocycles. The Kier molecular flexibility index (Phi) is 5.42. The van der Waals surface area contributed by atoms with E-state index in [1.54, 1.807) is 0 Å². The molecule has 0 aliphatic carbocycles. The molecule has 0 saturated carbocycles. The third-order valence-corrected chi connectivity index (χ3v) is 2.03. The standard InChI is InChI=1S/C8H8BrCl/c1-3-5-6-7(9)8(10)4-2/h3,5-6H,2H2,1H3/b5-3-,7-6+. The average molecular weight is 220 g/mol. The van der Waals surface area contributed by atoms with Gasteiger partial charge in [0.05, 0.1) is 5.03 Å². The number of hydrogen-bond donors (Lipinski definition) is 0. The van der Waals surface area contributed by atoms with Gasteiger partial charge in [-0.1, -0.05) is 30.3 Å². The van der Waals surface area contributed by atoms with Crippen LogP contribution < -0.4 is 0 Å². The minimum Gasteiger partial charge on any atom is -0.107 e. The number of halogens is 2. The Morgan fingerprint density at radius 2 is 2.30 bits per heavy atom. The lowest BCUT2D eigenvalue weighted by molar-refractivity contribution is 1.72. The molecular formula is C8H8BrCl.